The van der Waals surface area contributed by atoms with Gasteiger partial charge in [-0.25, -0.2) is 0 Å². The number of esters is 1. The van der Waals surface area contributed by atoms with Crippen molar-refractivity contribution in [2.24, 2.45) is 5.92 Å². The summed E-state index contributed by atoms with van der Waals surface area (Å²) < 4.78 is 42.7. The zero-order chi connectivity index (χ0) is 16.3. The topological polar surface area (TPSA) is 46.5 Å². The molecule has 3 nitrogen and oxygen atoms in total. The minimum absolute atomic E-state index is 0.106. The maximum atomic E-state index is 12.6. The normalized spacial score (nSPS) is 25.2. The first kappa shape index (κ1) is 16.8. The Balaban J connectivity index is 2.15. The van der Waals surface area contributed by atoms with Crippen LogP contribution < -0.4 is 0 Å². The molecule has 3 atom stereocenters. The molecule has 122 valence electrons. The van der Waals surface area contributed by atoms with Crippen LogP contribution in [0.4, 0.5) is 13.2 Å². The van der Waals surface area contributed by atoms with Crippen molar-refractivity contribution in [2.75, 3.05) is 6.61 Å². The maximum absolute atomic E-state index is 12.6. The highest BCUT2D eigenvalue weighted by molar-refractivity contribution is 5.69. The molecule has 0 amide bonds. The van der Waals surface area contributed by atoms with Crippen molar-refractivity contribution >= 4 is 5.97 Å². The zero-order valence-electron chi connectivity index (χ0n) is 12.3. The quantitative estimate of drug-likeness (QED) is 0.865. The van der Waals surface area contributed by atoms with Crippen LogP contribution in [-0.2, 0) is 15.7 Å². The van der Waals surface area contributed by atoms with Gasteiger partial charge in [-0.1, -0.05) is 12.1 Å². The van der Waals surface area contributed by atoms with Crippen LogP contribution in [0.3, 0.4) is 0 Å². The summed E-state index contributed by atoms with van der Waals surface area (Å²) in [7, 11) is 0. The summed E-state index contributed by atoms with van der Waals surface area (Å²) in [5, 5.41) is 10.1. The first-order chi connectivity index (χ1) is 10.3. The van der Waals surface area contributed by atoms with E-state index in [-0.39, 0.29) is 24.2 Å². The lowest BCUT2D eigenvalue weighted by atomic mass is 9.85. The van der Waals surface area contributed by atoms with E-state index in [1.807, 2.05) is 0 Å². The molecule has 1 aliphatic rings. The van der Waals surface area contributed by atoms with Gasteiger partial charge in [-0.15, -0.1) is 0 Å². The molecule has 0 heterocycles. The molecule has 22 heavy (non-hydrogen) atoms. The van der Waals surface area contributed by atoms with Crippen LogP contribution in [0.25, 0.3) is 0 Å². The predicted octanol–water partition coefficient (Wildman–Crippen LogP) is 3.51. The van der Waals surface area contributed by atoms with Gasteiger partial charge in [0, 0.05) is 12.3 Å². The lowest BCUT2D eigenvalue weighted by molar-refractivity contribution is -0.144. The Bertz CT molecular complexity index is 510. The molecule has 1 N–H and O–H groups in total. The fourth-order valence-electron chi connectivity index (χ4n) is 3.11. The highest BCUT2D eigenvalue weighted by Crippen LogP contribution is 2.42. The van der Waals surface area contributed by atoms with Gasteiger partial charge in [0.05, 0.1) is 18.3 Å². The van der Waals surface area contributed by atoms with Gasteiger partial charge in [0.2, 0.25) is 0 Å². The van der Waals surface area contributed by atoms with Gasteiger partial charge in [0.1, 0.15) is 0 Å². The van der Waals surface area contributed by atoms with Crippen molar-refractivity contribution in [2.45, 2.75) is 44.4 Å². The molecule has 1 aliphatic carbocycles. The van der Waals surface area contributed by atoms with Crippen LogP contribution in [0.2, 0.25) is 0 Å². The summed E-state index contributed by atoms with van der Waals surface area (Å²) >= 11 is 0. The summed E-state index contributed by atoms with van der Waals surface area (Å²) in [6.45, 7) is 2.01. The monoisotopic (exact) mass is 316 g/mol. The Morgan fingerprint density at radius 3 is 2.45 bits per heavy atom. The Morgan fingerprint density at radius 1 is 1.27 bits per heavy atom. The Kier molecular flexibility index (Phi) is 5.11. The molecule has 0 aliphatic heterocycles. The Morgan fingerprint density at radius 2 is 1.91 bits per heavy atom. The average molecular weight is 316 g/mol. The Labute approximate surface area is 127 Å². The van der Waals surface area contributed by atoms with Crippen molar-refractivity contribution < 1.29 is 27.8 Å². The summed E-state index contributed by atoms with van der Waals surface area (Å²) in [6, 6.07) is 4.81. The molecule has 0 spiro atoms. The zero-order valence-corrected chi connectivity index (χ0v) is 12.3. The fraction of sp³-hybridized carbons (Fsp3) is 0.562. The van der Waals surface area contributed by atoms with E-state index in [2.05, 4.69) is 0 Å². The summed E-state index contributed by atoms with van der Waals surface area (Å²) in [5.74, 6) is -0.768. The number of rotatable bonds is 4. The third kappa shape index (κ3) is 3.80. The SMILES string of the molecule is CCOC(=O)CC1CCC(O)C1c1ccc(C(F)(F)F)cc1. The van der Waals surface area contributed by atoms with Crippen LogP contribution >= 0.6 is 0 Å². The van der Waals surface area contributed by atoms with Crippen LogP contribution in [-0.4, -0.2) is 23.8 Å². The molecule has 6 heteroatoms. The molecule has 1 fully saturated rings. The van der Waals surface area contributed by atoms with Crippen molar-refractivity contribution in [3.05, 3.63) is 35.4 Å². The number of hydrogen-bond acceptors (Lipinski definition) is 3. The van der Waals surface area contributed by atoms with E-state index < -0.39 is 17.8 Å². The van der Waals surface area contributed by atoms with Gasteiger partial charge in [-0.2, -0.15) is 13.2 Å². The van der Waals surface area contributed by atoms with E-state index in [1.54, 1.807) is 6.92 Å². The Hall–Kier alpha value is -1.56. The standard InChI is InChI=1S/C16H19F3O3/c1-2-22-14(21)9-11-5-8-13(20)15(11)10-3-6-12(7-4-10)16(17,18)19/h3-4,6-7,11,13,15,20H,2,5,8-9H2,1H3. The number of carbonyl (C=O) groups excluding carboxylic acids is 1. The van der Waals surface area contributed by atoms with Crippen LogP contribution in [0.5, 0.6) is 0 Å². The second-order valence-corrected chi connectivity index (χ2v) is 5.56. The van der Waals surface area contributed by atoms with E-state index in [4.69, 9.17) is 4.74 Å². The first-order valence-electron chi connectivity index (χ1n) is 7.33. The number of carbonyl (C=O) groups is 1. The molecule has 1 aromatic rings. The maximum Gasteiger partial charge on any atom is 0.416 e. The van der Waals surface area contributed by atoms with Gasteiger partial charge < -0.3 is 9.84 Å². The number of ether oxygens (including phenoxy) is 1. The highest BCUT2D eigenvalue weighted by atomic mass is 19.4. The molecule has 1 aromatic carbocycles. The van der Waals surface area contributed by atoms with Crippen LogP contribution in [0, 0.1) is 5.92 Å². The molecular weight excluding hydrogens is 297 g/mol. The van der Waals surface area contributed by atoms with E-state index >= 15 is 0 Å². The number of benzene rings is 1. The molecule has 0 bridgehead atoms. The number of alkyl halides is 3. The highest BCUT2D eigenvalue weighted by Gasteiger charge is 2.38. The lowest BCUT2D eigenvalue weighted by Crippen LogP contribution is -2.20. The number of aliphatic hydroxyl groups is 1. The summed E-state index contributed by atoms with van der Waals surface area (Å²) in [4.78, 5) is 11.6. The third-order valence-corrected chi connectivity index (χ3v) is 4.11. The van der Waals surface area contributed by atoms with Crippen LogP contribution in [0.1, 0.15) is 43.2 Å². The van der Waals surface area contributed by atoms with Gasteiger partial charge in [0.25, 0.3) is 0 Å². The molecule has 0 radical (unpaired) electrons. The largest absolute Gasteiger partial charge is 0.466 e. The molecule has 0 saturated heterocycles. The smallest absolute Gasteiger partial charge is 0.416 e. The summed E-state index contributed by atoms with van der Waals surface area (Å²) in [5.41, 5.74) is -0.0852. The fourth-order valence-corrected chi connectivity index (χ4v) is 3.11. The van der Waals surface area contributed by atoms with E-state index in [9.17, 15) is 23.1 Å². The second kappa shape index (κ2) is 6.69. The minimum Gasteiger partial charge on any atom is -0.466 e. The number of halogens is 3. The lowest BCUT2D eigenvalue weighted by Gasteiger charge is -2.22. The van der Waals surface area contributed by atoms with E-state index in [1.165, 1.54) is 12.1 Å². The predicted molar refractivity (Wildman–Crippen MR) is 74.2 cm³/mol. The van der Waals surface area contributed by atoms with Gasteiger partial charge in [-0.3, -0.25) is 4.79 Å². The third-order valence-electron chi connectivity index (χ3n) is 4.11. The second-order valence-electron chi connectivity index (χ2n) is 5.56. The minimum atomic E-state index is -4.38. The summed E-state index contributed by atoms with van der Waals surface area (Å²) in [6.07, 6.45) is -3.65. The molecule has 3 unspecified atom stereocenters. The van der Waals surface area contributed by atoms with Gasteiger partial charge in [-0.05, 0) is 43.4 Å². The average Bonchev–Trinajstić information content (AvgIpc) is 2.79. The van der Waals surface area contributed by atoms with Crippen LogP contribution in [0.15, 0.2) is 24.3 Å². The number of hydrogen-bond donors (Lipinski definition) is 1. The molecule has 0 aromatic heterocycles. The van der Waals surface area contributed by atoms with E-state index in [0.29, 0.717) is 25.0 Å². The van der Waals surface area contributed by atoms with Crippen molar-refractivity contribution in [3.63, 3.8) is 0 Å². The molecule has 2 rings (SSSR count). The first-order valence-corrected chi connectivity index (χ1v) is 7.33. The van der Waals surface area contributed by atoms with Gasteiger partial charge in [0.15, 0.2) is 0 Å². The van der Waals surface area contributed by atoms with Crippen molar-refractivity contribution in [1.82, 2.24) is 0 Å². The van der Waals surface area contributed by atoms with Gasteiger partial charge >= 0.3 is 12.1 Å². The molecule has 1 saturated carbocycles. The number of aliphatic hydroxyl groups excluding tert-OH is 1. The molecular formula is C16H19F3O3. The van der Waals surface area contributed by atoms with Crippen molar-refractivity contribution in [1.29, 1.82) is 0 Å². The van der Waals surface area contributed by atoms with E-state index in [0.717, 1.165) is 12.1 Å². The van der Waals surface area contributed by atoms with Crippen molar-refractivity contribution in [3.8, 4) is 0 Å².